The second-order valence-electron chi connectivity index (χ2n) is 10.3. The molecule has 1 fully saturated rings. The Balaban J connectivity index is 1.80. The molecular weight excluding hydrogens is 384 g/mol. The van der Waals surface area contributed by atoms with Gasteiger partial charge in [-0.3, -0.25) is 9.59 Å². The first-order chi connectivity index (χ1) is 14.5. The fourth-order valence-electron chi connectivity index (χ4n) is 4.58. The molecule has 1 heterocycles. The fourth-order valence-corrected chi connectivity index (χ4v) is 4.58. The van der Waals surface area contributed by atoms with Gasteiger partial charge < -0.3 is 9.80 Å². The Morgan fingerprint density at radius 1 is 0.968 bits per heavy atom. The van der Waals surface area contributed by atoms with Crippen molar-refractivity contribution in [2.45, 2.75) is 47.0 Å². The van der Waals surface area contributed by atoms with Crippen molar-refractivity contribution in [1.29, 1.82) is 0 Å². The SMILES string of the molecule is Cc1cccc(-c2ccc(CC3(C(=O)N(C)C)CCN(C(=O)C(C)(C)C)CC3)cc2)c1. The number of amides is 2. The Kier molecular flexibility index (Phi) is 6.59. The van der Waals surface area contributed by atoms with E-state index in [1.165, 1.54) is 22.3 Å². The van der Waals surface area contributed by atoms with E-state index in [1.54, 1.807) is 4.90 Å². The lowest BCUT2D eigenvalue weighted by molar-refractivity contribution is -0.149. The summed E-state index contributed by atoms with van der Waals surface area (Å²) in [6.45, 7) is 9.24. The van der Waals surface area contributed by atoms with E-state index < -0.39 is 10.8 Å². The standard InChI is InChI=1S/C27H36N2O2/c1-20-8-7-9-23(18-20)22-12-10-21(11-13-22)19-27(25(31)28(5)6)14-16-29(17-15-27)24(30)26(2,3)4/h7-13,18H,14-17,19H2,1-6H3. The summed E-state index contributed by atoms with van der Waals surface area (Å²) in [7, 11) is 3.66. The molecule has 0 saturated carbocycles. The van der Waals surface area contributed by atoms with Crippen molar-refractivity contribution < 1.29 is 9.59 Å². The molecule has 4 nitrogen and oxygen atoms in total. The van der Waals surface area contributed by atoms with Gasteiger partial charge in [0, 0.05) is 32.6 Å². The quantitative estimate of drug-likeness (QED) is 0.702. The van der Waals surface area contributed by atoms with Crippen molar-refractivity contribution in [3.63, 3.8) is 0 Å². The van der Waals surface area contributed by atoms with Crippen LogP contribution in [0, 0.1) is 17.8 Å². The minimum absolute atomic E-state index is 0.165. The smallest absolute Gasteiger partial charge is 0.228 e. The van der Waals surface area contributed by atoms with E-state index in [0.717, 1.165) is 0 Å². The molecule has 2 aromatic carbocycles. The number of hydrogen-bond donors (Lipinski definition) is 0. The average molecular weight is 421 g/mol. The highest BCUT2D eigenvalue weighted by Crippen LogP contribution is 2.38. The number of piperidine rings is 1. The molecule has 2 aromatic rings. The summed E-state index contributed by atoms with van der Waals surface area (Å²) in [4.78, 5) is 29.6. The molecule has 0 unspecified atom stereocenters. The van der Waals surface area contributed by atoms with Crippen LogP contribution >= 0.6 is 0 Å². The summed E-state index contributed by atoms with van der Waals surface area (Å²) in [6.07, 6.45) is 2.10. The third-order valence-corrected chi connectivity index (χ3v) is 6.36. The van der Waals surface area contributed by atoms with Crippen LogP contribution < -0.4 is 0 Å². The van der Waals surface area contributed by atoms with Gasteiger partial charge in [0.25, 0.3) is 0 Å². The molecular formula is C27H36N2O2. The van der Waals surface area contributed by atoms with Gasteiger partial charge in [-0.05, 0) is 42.9 Å². The summed E-state index contributed by atoms with van der Waals surface area (Å²) >= 11 is 0. The lowest BCUT2D eigenvalue weighted by Crippen LogP contribution is -2.52. The first-order valence-corrected chi connectivity index (χ1v) is 11.2. The molecule has 4 heteroatoms. The van der Waals surface area contributed by atoms with E-state index in [9.17, 15) is 9.59 Å². The second kappa shape index (κ2) is 8.86. The fraction of sp³-hybridized carbons (Fsp3) is 0.481. The third-order valence-electron chi connectivity index (χ3n) is 6.36. The number of nitrogens with zero attached hydrogens (tertiary/aromatic N) is 2. The van der Waals surface area contributed by atoms with Gasteiger partial charge in [-0.15, -0.1) is 0 Å². The molecule has 0 aliphatic carbocycles. The summed E-state index contributed by atoms with van der Waals surface area (Å²) in [6, 6.07) is 17.1. The topological polar surface area (TPSA) is 40.6 Å². The van der Waals surface area contributed by atoms with Gasteiger partial charge in [0.1, 0.15) is 0 Å². The number of hydrogen-bond acceptors (Lipinski definition) is 2. The zero-order valence-electron chi connectivity index (χ0n) is 19.9. The number of aryl methyl sites for hydroxylation is 1. The molecule has 0 bridgehead atoms. The molecule has 1 aliphatic rings. The second-order valence-corrected chi connectivity index (χ2v) is 10.3. The summed E-state index contributed by atoms with van der Waals surface area (Å²) in [5.74, 6) is 0.332. The van der Waals surface area contributed by atoms with Crippen LogP contribution in [-0.2, 0) is 16.0 Å². The summed E-state index contributed by atoms with van der Waals surface area (Å²) < 4.78 is 0. The molecule has 2 amide bonds. The minimum atomic E-state index is -0.455. The van der Waals surface area contributed by atoms with Gasteiger partial charge in [0.15, 0.2) is 0 Å². The van der Waals surface area contributed by atoms with Crippen molar-refractivity contribution in [2.24, 2.45) is 10.8 Å². The highest BCUT2D eigenvalue weighted by Gasteiger charge is 2.44. The largest absolute Gasteiger partial charge is 0.348 e. The lowest BCUT2D eigenvalue weighted by atomic mass is 9.72. The van der Waals surface area contributed by atoms with Gasteiger partial charge in [0.05, 0.1) is 5.41 Å². The Morgan fingerprint density at radius 3 is 2.10 bits per heavy atom. The van der Waals surface area contributed by atoms with Crippen LogP contribution in [0.2, 0.25) is 0 Å². The van der Waals surface area contributed by atoms with Crippen LogP contribution in [0.4, 0.5) is 0 Å². The molecule has 0 N–H and O–H groups in total. The zero-order valence-corrected chi connectivity index (χ0v) is 19.9. The molecule has 0 radical (unpaired) electrons. The zero-order chi connectivity index (χ0) is 22.8. The van der Waals surface area contributed by atoms with Gasteiger partial charge >= 0.3 is 0 Å². The first-order valence-electron chi connectivity index (χ1n) is 11.2. The Hall–Kier alpha value is -2.62. The van der Waals surface area contributed by atoms with Gasteiger partial charge in [0.2, 0.25) is 11.8 Å². The third kappa shape index (κ3) is 5.17. The highest BCUT2D eigenvalue weighted by atomic mass is 16.2. The van der Waals surface area contributed by atoms with E-state index in [2.05, 4.69) is 55.5 Å². The van der Waals surface area contributed by atoms with Gasteiger partial charge in [-0.25, -0.2) is 0 Å². The van der Waals surface area contributed by atoms with Crippen LogP contribution in [0.5, 0.6) is 0 Å². The Bertz CT molecular complexity index is 930. The van der Waals surface area contributed by atoms with Gasteiger partial charge in [-0.2, -0.15) is 0 Å². The predicted molar refractivity (Wildman–Crippen MR) is 127 cm³/mol. The molecule has 0 spiro atoms. The summed E-state index contributed by atoms with van der Waals surface area (Å²) in [5.41, 5.74) is 3.96. The van der Waals surface area contributed by atoms with E-state index >= 15 is 0 Å². The summed E-state index contributed by atoms with van der Waals surface area (Å²) in [5, 5.41) is 0. The Morgan fingerprint density at radius 2 is 1.58 bits per heavy atom. The molecule has 0 aromatic heterocycles. The number of benzene rings is 2. The van der Waals surface area contributed by atoms with Crippen molar-refractivity contribution in [1.82, 2.24) is 9.80 Å². The highest BCUT2D eigenvalue weighted by molar-refractivity contribution is 5.84. The molecule has 1 saturated heterocycles. The van der Waals surface area contributed by atoms with Crippen molar-refractivity contribution >= 4 is 11.8 Å². The van der Waals surface area contributed by atoms with Crippen LogP contribution in [0.15, 0.2) is 48.5 Å². The van der Waals surface area contributed by atoms with E-state index in [4.69, 9.17) is 0 Å². The predicted octanol–water partition coefficient (Wildman–Crippen LogP) is 4.95. The van der Waals surface area contributed by atoms with Crippen molar-refractivity contribution in [3.05, 3.63) is 59.7 Å². The monoisotopic (exact) mass is 420 g/mol. The average Bonchev–Trinajstić information content (AvgIpc) is 2.73. The molecule has 166 valence electrons. The van der Waals surface area contributed by atoms with Crippen molar-refractivity contribution in [2.75, 3.05) is 27.2 Å². The molecule has 1 aliphatic heterocycles. The first kappa shape index (κ1) is 23.1. The van der Waals surface area contributed by atoms with Crippen LogP contribution in [0.3, 0.4) is 0 Å². The number of carbonyl (C=O) groups excluding carboxylic acids is 2. The van der Waals surface area contributed by atoms with E-state index in [1.807, 2.05) is 39.8 Å². The van der Waals surface area contributed by atoms with E-state index in [0.29, 0.717) is 32.4 Å². The van der Waals surface area contributed by atoms with Crippen molar-refractivity contribution in [3.8, 4) is 11.1 Å². The van der Waals surface area contributed by atoms with Crippen LogP contribution in [0.1, 0.15) is 44.7 Å². The maximum atomic E-state index is 13.2. The number of rotatable bonds is 4. The molecule has 3 rings (SSSR count). The lowest BCUT2D eigenvalue weighted by Gasteiger charge is -2.43. The molecule has 0 atom stereocenters. The Labute approximate surface area is 187 Å². The minimum Gasteiger partial charge on any atom is -0.348 e. The molecule has 31 heavy (non-hydrogen) atoms. The maximum absolute atomic E-state index is 13.2. The normalized spacial score (nSPS) is 16.1. The van der Waals surface area contributed by atoms with E-state index in [-0.39, 0.29) is 11.8 Å². The number of carbonyl (C=O) groups is 2. The number of likely N-dealkylation sites (tertiary alicyclic amines) is 1. The van der Waals surface area contributed by atoms with Crippen LogP contribution in [0.25, 0.3) is 11.1 Å². The van der Waals surface area contributed by atoms with Crippen LogP contribution in [-0.4, -0.2) is 48.8 Å². The van der Waals surface area contributed by atoms with Gasteiger partial charge in [-0.1, -0.05) is 74.9 Å². The maximum Gasteiger partial charge on any atom is 0.228 e.